The van der Waals surface area contributed by atoms with Crippen molar-refractivity contribution in [1.82, 2.24) is 5.32 Å². The van der Waals surface area contributed by atoms with Crippen LogP contribution in [0.15, 0.2) is 24.3 Å². The van der Waals surface area contributed by atoms with E-state index in [1.807, 2.05) is 18.2 Å². The molecule has 84 valence electrons. The first-order chi connectivity index (χ1) is 8.20. The van der Waals surface area contributed by atoms with Crippen molar-refractivity contribution in [3.05, 3.63) is 35.4 Å². The number of benzene rings is 1. The third-order valence-electron chi connectivity index (χ3n) is 2.89. The molecule has 0 radical (unpaired) electrons. The predicted molar refractivity (Wildman–Crippen MR) is 63.7 cm³/mol. The first kappa shape index (κ1) is 11.2. The fraction of sp³-hybridized carbons (Fsp3) is 0.286. The normalized spacial score (nSPS) is 15.1. The second-order valence-electron chi connectivity index (χ2n) is 4.10. The lowest BCUT2D eigenvalue weighted by Crippen LogP contribution is -2.33. The molecule has 0 heterocycles. The summed E-state index contributed by atoms with van der Waals surface area (Å²) in [6.45, 7) is 1.63. The van der Waals surface area contributed by atoms with Gasteiger partial charge in [-0.1, -0.05) is 18.1 Å². The lowest BCUT2D eigenvalue weighted by atomic mass is 10.0. The molecular weight excluding hydrogens is 212 g/mol. The summed E-state index contributed by atoms with van der Waals surface area (Å²) in [5.41, 5.74) is 1.31. The van der Waals surface area contributed by atoms with E-state index in [-0.39, 0.29) is 11.4 Å². The largest absolute Gasteiger partial charge is 0.336 e. The molecule has 1 aromatic carbocycles. The molecule has 0 unspecified atom stereocenters. The van der Waals surface area contributed by atoms with Gasteiger partial charge in [0.2, 0.25) is 0 Å². The molecule has 1 aliphatic rings. The van der Waals surface area contributed by atoms with Crippen LogP contribution in [0.25, 0.3) is 0 Å². The summed E-state index contributed by atoms with van der Waals surface area (Å²) in [7, 11) is 0. The number of rotatable bonds is 2. The molecular formula is C14H12N2O. The Labute approximate surface area is 100 Å². The van der Waals surface area contributed by atoms with Gasteiger partial charge < -0.3 is 5.32 Å². The van der Waals surface area contributed by atoms with Gasteiger partial charge in [-0.2, -0.15) is 5.26 Å². The Bertz CT molecular complexity index is 554. The molecule has 1 fully saturated rings. The van der Waals surface area contributed by atoms with Crippen LogP contribution in [0.5, 0.6) is 0 Å². The molecule has 1 saturated carbocycles. The van der Waals surface area contributed by atoms with E-state index in [9.17, 15) is 4.79 Å². The minimum Gasteiger partial charge on any atom is -0.336 e. The fourth-order valence-electron chi connectivity index (χ4n) is 1.86. The van der Waals surface area contributed by atoms with Crippen molar-refractivity contribution in [3.63, 3.8) is 0 Å². The van der Waals surface area contributed by atoms with Crippen molar-refractivity contribution in [2.45, 2.75) is 25.3 Å². The molecule has 0 atom stereocenters. The van der Waals surface area contributed by atoms with Gasteiger partial charge in [-0.15, -0.1) is 0 Å². The highest BCUT2D eigenvalue weighted by molar-refractivity contribution is 5.94. The number of nitriles is 1. The Balaban J connectivity index is 2.23. The van der Waals surface area contributed by atoms with E-state index < -0.39 is 0 Å². The number of hydrogen-bond acceptors (Lipinski definition) is 2. The number of nitrogens with zero attached hydrogens (tertiary/aromatic N) is 1. The molecule has 3 heteroatoms. The van der Waals surface area contributed by atoms with E-state index in [4.69, 9.17) is 5.26 Å². The highest BCUT2D eigenvalue weighted by Crippen LogP contribution is 2.45. The number of amides is 1. The highest BCUT2D eigenvalue weighted by atomic mass is 16.1. The monoisotopic (exact) mass is 224 g/mol. The first-order valence-electron chi connectivity index (χ1n) is 5.46. The second kappa shape index (κ2) is 4.31. The van der Waals surface area contributed by atoms with Gasteiger partial charge in [-0.3, -0.25) is 4.79 Å². The van der Waals surface area contributed by atoms with Crippen molar-refractivity contribution in [3.8, 4) is 17.9 Å². The Morgan fingerprint density at radius 3 is 2.82 bits per heavy atom. The summed E-state index contributed by atoms with van der Waals surface area (Å²) in [4.78, 5) is 11.5. The zero-order valence-corrected chi connectivity index (χ0v) is 9.58. The molecule has 0 bridgehead atoms. The van der Waals surface area contributed by atoms with Crippen LogP contribution in [-0.2, 0) is 10.3 Å². The Hall–Kier alpha value is -2.26. The number of hydrogen-bond donors (Lipinski definition) is 1. The van der Waals surface area contributed by atoms with E-state index in [2.05, 4.69) is 23.2 Å². The van der Waals surface area contributed by atoms with E-state index in [0.717, 1.165) is 18.4 Å². The molecule has 3 nitrogen and oxygen atoms in total. The molecule has 17 heavy (non-hydrogen) atoms. The Morgan fingerprint density at radius 1 is 1.47 bits per heavy atom. The van der Waals surface area contributed by atoms with Crippen LogP contribution in [-0.4, -0.2) is 5.91 Å². The van der Waals surface area contributed by atoms with Crippen LogP contribution < -0.4 is 5.32 Å². The van der Waals surface area contributed by atoms with Crippen molar-refractivity contribution in [1.29, 1.82) is 5.26 Å². The average Bonchev–Trinajstić information content (AvgIpc) is 3.10. The van der Waals surface area contributed by atoms with Crippen LogP contribution in [0, 0.1) is 23.2 Å². The quantitative estimate of drug-likeness (QED) is 0.777. The first-order valence-corrected chi connectivity index (χ1v) is 5.46. The maximum Gasteiger partial charge on any atom is 0.296 e. The molecule has 1 aromatic rings. The van der Waals surface area contributed by atoms with Crippen molar-refractivity contribution in [2.24, 2.45) is 0 Å². The summed E-state index contributed by atoms with van der Waals surface area (Å²) in [6, 6.07) is 9.47. The van der Waals surface area contributed by atoms with E-state index in [0.29, 0.717) is 5.56 Å². The predicted octanol–water partition coefficient (Wildman–Crippen LogP) is 1.69. The highest BCUT2D eigenvalue weighted by Gasteiger charge is 2.45. The number of carbonyl (C=O) groups excluding carboxylic acids is 1. The van der Waals surface area contributed by atoms with Gasteiger partial charge in [0.15, 0.2) is 0 Å². The zero-order chi connectivity index (χ0) is 12.3. The minimum atomic E-state index is -0.298. The van der Waals surface area contributed by atoms with Gasteiger partial charge in [0.25, 0.3) is 5.91 Å². The maximum absolute atomic E-state index is 11.5. The van der Waals surface area contributed by atoms with Gasteiger partial charge in [0.1, 0.15) is 0 Å². The third-order valence-corrected chi connectivity index (χ3v) is 2.89. The van der Waals surface area contributed by atoms with Crippen LogP contribution in [0.3, 0.4) is 0 Å². The summed E-state index contributed by atoms with van der Waals surface area (Å²) < 4.78 is 0. The maximum atomic E-state index is 11.5. The SMILES string of the molecule is CC#CC(=O)NC1(c2cccc(C#N)c2)CC1. The number of nitrogens with one attached hydrogen (secondary N) is 1. The lowest BCUT2D eigenvalue weighted by molar-refractivity contribution is -0.116. The van der Waals surface area contributed by atoms with Gasteiger partial charge in [-0.25, -0.2) is 0 Å². The molecule has 0 aromatic heterocycles. The molecule has 1 N–H and O–H groups in total. The van der Waals surface area contributed by atoms with Gasteiger partial charge >= 0.3 is 0 Å². The van der Waals surface area contributed by atoms with Crippen LogP contribution in [0.1, 0.15) is 30.9 Å². The summed E-state index contributed by atoms with van der Waals surface area (Å²) in [5.74, 6) is 4.80. The standard InChI is InChI=1S/C14H12N2O/c1-2-4-13(17)16-14(7-8-14)12-6-3-5-11(9-12)10-15/h3,5-6,9H,7-8H2,1H3,(H,16,17). The van der Waals surface area contributed by atoms with E-state index in [1.165, 1.54) is 0 Å². The molecule has 0 aliphatic heterocycles. The Morgan fingerprint density at radius 2 is 2.24 bits per heavy atom. The summed E-state index contributed by atoms with van der Waals surface area (Å²) >= 11 is 0. The smallest absolute Gasteiger partial charge is 0.296 e. The van der Waals surface area contributed by atoms with Crippen LogP contribution in [0.2, 0.25) is 0 Å². The van der Waals surface area contributed by atoms with Crippen molar-refractivity contribution in [2.75, 3.05) is 0 Å². The van der Waals surface area contributed by atoms with E-state index >= 15 is 0 Å². The Kier molecular flexibility index (Phi) is 2.85. The zero-order valence-electron chi connectivity index (χ0n) is 9.58. The molecule has 0 spiro atoms. The molecule has 0 saturated heterocycles. The van der Waals surface area contributed by atoms with Gasteiger partial charge in [0.05, 0.1) is 17.2 Å². The lowest BCUT2D eigenvalue weighted by Gasteiger charge is -2.16. The molecule has 1 amide bonds. The van der Waals surface area contributed by atoms with Crippen molar-refractivity contribution >= 4 is 5.91 Å². The average molecular weight is 224 g/mol. The molecule has 2 rings (SSSR count). The third kappa shape index (κ3) is 2.29. The fourth-order valence-corrected chi connectivity index (χ4v) is 1.86. The van der Waals surface area contributed by atoms with Crippen molar-refractivity contribution < 1.29 is 4.79 Å². The van der Waals surface area contributed by atoms with Gasteiger partial charge in [-0.05, 0) is 43.4 Å². The van der Waals surface area contributed by atoms with Crippen LogP contribution >= 0.6 is 0 Å². The van der Waals surface area contributed by atoms with E-state index in [1.54, 1.807) is 13.0 Å². The minimum absolute atomic E-state index is 0.257. The number of carbonyl (C=O) groups is 1. The topological polar surface area (TPSA) is 52.9 Å². The van der Waals surface area contributed by atoms with Crippen LogP contribution in [0.4, 0.5) is 0 Å². The molecule has 1 aliphatic carbocycles. The summed E-state index contributed by atoms with van der Waals surface area (Å²) in [6.07, 6.45) is 1.80. The summed E-state index contributed by atoms with van der Waals surface area (Å²) in [5, 5.41) is 11.8. The van der Waals surface area contributed by atoms with Gasteiger partial charge in [0, 0.05) is 0 Å². The second-order valence-corrected chi connectivity index (χ2v) is 4.10.